The van der Waals surface area contributed by atoms with E-state index in [1.54, 1.807) is 12.1 Å². The van der Waals surface area contributed by atoms with Crippen LogP contribution in [0.1, 0.15) is 29.6 Å². The van der Waals surface area contributed by atoms with Crippen molar-refractivity contribution in [3.8, 4) is 0 Å². The first-order valence-electron chi connectivity index (χ1n) is 6.37. The highest BCUT2D eigenvalue weighted by Gasteiger charge is 2.14. The van der Waals surface area contributed by atoms with Crippen molar-refractivity contribution in [3.05, 3.63) is 34.9 Å². The highest BCUT2D eigenvalue weighted by Crippen LogP contribution is 2.17. The summed E-state index contributed by atoms with van der Waals surface area (Å²) in [5.41, 5.74) is 0.591. The molecule has 1 aliphatic rings. The molecule has 1 fully saturated rings. The number of hydrogen-bond acceptors (Lipinski definition) is 3. The zero-order valence-corrected chi connectivity index (χ0v) is 11.1. The van der Waals surface area contributed by atoms with Crippen LogP contribution in [0.5, 0.6) is 0 Å². The van der Waals surface area contributed by atoms with Gasteiger partial charge in [0.05, 0.1) is 17.7 Å². The molecule has 0 atom stereocenters. The molecule has 1 aromatic rings. The van der Waals surface area contributed by atoms with Crippen molar-refractivity contribution in [2.75, 3.05) is 19.7 Å². The fraction of sp³-hybridized carbons (Fsp3) is 0.500. The lowest BCUT2D eigenvalue weighted by Gasteiger charge is -2.22. The first-order valence-corrected chi connectivity index (χ1v) is 6.75. The SMILES string of the molecule is O=C(CCOC1CCNCC1)c1ccccc1Cl. The van der Waals surface area contributed by atoms with Crippen molar-refractivity contribution < 1.29 is 9.53 Å². The van der Waals surface area contributed by atoms with Gasteiger partial charge in [-0.05, 0) is 38.1 Å². The first kappa shape index (κ1) is 13.5. The fourth-order valence-electron chi connectivity index (χ4n) is 2.10. The van der Waals surface area contributed by atoms with Gasteiger partial charge in [0.25, 0.3) is 0 Å². The van der Waals surface area contributed by atoms with E-state index in [-0.39, 0.29) is 5.78 Å². The largest absolute Gasteiger partial charge is 0.378 e. The summed E-state index contributed by atoms with van der Waals surface area (Å²) >= 11 is 5.98. The second-order valence-corrected chi connectivity index (χ2v) is 4.88. The average Bonchev–Trinajstić information content (AvgIpc) is 2.40. The Hall–Kier alpha value is -0.900. The van der Waals surface area contributed by atoms with E-state index in [1.807, 2.05) is 12.1 Å². The van der Waals surface area contributed by atoms with Gasteiger partial charge in [0.15, 0.2) is 5.78 Å². The molecule has 98 valence electrons. The highest BCUT2D eigenvalue weighted by molar-refractivity contribution is 6.33. The highest BCUT2D eigenvalue weighted by atomic mass is 35.5. The van der Waals surface area contributed by atoms with Gasteiger partial charge >= 0.3 is 0 Å². The molecule has 0 aliphatic carbocycles. The Labute approximate surface area is 112 Å². The summed E-state index contributed by atoms with van der Waals surface area (Å²) in [5.74, 6) is 0.0505. The summed E-state index contributed by atoms with van der Waals surface area (Å²) < 4.78 is 5.71. The summed E-state index contributed by atoms with van der Waals surface area (Å²) in [5, 5.41) is 3.80. The number of carbonyl (C=O) groups is 1. The predicted octanol–water partition coefficient (Wildman–Crippen LogP) is 2.68. The van der Waals surface area contributed by atoms with Gasteiger partial charge in [0.2, 0.25) is 0 Å². The van der Waals surface area contributed by atoms with Crippen molar-refractivity contribution in [2.45, 2.75) is 25.4 Å². The van der Waals surface area contributed by atoms with Crippen molar-refractivity contribution in [1.82, 2.24) is 5.32 Å². The fourth-order valence-corrected chi connectivity index (χ4v) is 2.34. The van der Waals surface area contributed by atoms with Gasteiger partial charge in [-0.15, -0.1) is 0 Å². The Morgan fingerprint density at radius 2 is 2.06 bits per heavy atom. The molecule has 0 spiro atoms. The van der Waals surface area contributed by atoms with Gasteiger partial charge < -0.3 is 10.1 Å². The molecule has 1 saturated heterocycles. The van der Waals surface area contributed by atoms with Gasteiger partial charge in [0, 0.05) is 12.0 Å². The zero-order valence-electron chi connectivity index (χ0n) is 10.3. The summed E-state index contributed by atoms with van der Waals surface area (Å²) in [6, 6.07) is 7.15. The van der Waals surface area contributed by atoms with Crippen LogP contribution in [0.15, 0.2) is 24.3 Å². The molecule has 0 aromatic heterocycles. The van der Waals surface area contributed by atoms with Gasteiger partial charge in [0.1, 0.15) is 0 Å². The average molecular weight is 268 g/mol. The van der Waals surface area contributed by atoms with Crippen molar-refractivity contribution in [1.29, 1.82) is 0 Å². The van der Waals surface area contributed by atoms with Crippen LogP contribution in [0.25, 0.3) is 0 Å². The Balaban J connectivity index is 1.76. The van der Waals surface area contributed by atoms with E-state index >= 15 is 0 Å². The zero-order chi connectivity index (χ0) is 12.8. The molecule has 1 heterocycles. The van der Waals surface area contributed by atoms with Gasteiger partial charge in [-0.2, -0.15) is 0 Å². The van der Waals surface area contributed by atoms with E-state index in [2.05, 4.69) is 5.32 Å². The minimum Gasteiger partial charge on any atom is -0.378 e. The maximum atomic E-state index is 11.9. The molecule has 1 N–H and O–H groups in total. The monoisotopic (exact) mass is 267 g/mol. The molecule has 0 saturated carbocycles. The van der Waals surface area contributed by atoms with E-state index in [0.717, 1.165) is 25.9 Å². The van der Waals surface area contributed by atoms with Crippen LogP contribution in [0, 0.1) is 0 Å². The van der Waals surface area contributed by atoms with Crippen molar-refractivity contribution in [3.63, 3.8) is 0 Å². The summed E-state index contributed by atoms with van der Waals surface area (Å²) in [6.07, 6.45) is 2.75. The summed E-state index contributed by atoms with van der Waals surface area (Å²) in [6.45, 7) is 2.49. The number of carbonyl (C=O) groups excluding carboxylic acids is 1. The van der Waals surface area contributed by atoms with Crippen LogP contribution in [-0.4, -0.2) is 31.6 Å². The summed E-state index contributed by atoms with van der Waals surface area (Å²) in [4.78, 5) is 11.9. The van der Waals surface area contributed by atoms with E-state index in [1.165, 1.54) is 0 Å². The third kappa shape index (κ3) is 3.80. The number of hydrogen-bond donors (Lipinski definition) is 1. The van der Waals surface area contributed by atoms with E-state index in [0.29, 0.717) is 29.7 Å². The number of nitrogens with one attached hydrogen (secondary N) is 1. The molecule has 1 aliphatic heterocycles. The minimum absolute atomic E-state index is 0.0505. The number of rotatable bonds is 5. The molecule has 4 heteroatoms. The molecule has 2 rings (SSSR count). The number of Topliss-reactive ketones (excluding diaryl/α,β-unsaturated/α-hetero) is 1. The molecule has 0 bridgehead atoms. The molecule has 18 heavy (non-hydrogen) atoms. The Morgan fingerprint density at radius 1 is 1.33 bits per heavy atom. The van der Waals surface area contributed by atoms with Crippen LogP contribution in [-0.2, 0) is 4.74 Å². The van der Waals surface area contributed by atoms with Crippen LogP contribution >= 0.6 is 11.6 Å². The van der Waals surface area contributed by atoms with Gasteiger partial charge in [-0.3, -0.25) is 4.79 Å². The van der Waals surface area contributed by atoms with E-state index in [4.69, 9.17) is 16.3 Å². The molecule has 3 nitrogen and oxygen atoms in total. The lowest BCUT2D eigenvalue weighted by molar-refractivity contribution is 0.0313. The van der Waals surface area contributed by atoms with Crippen molar-refractivity contribution in [2.24, 2.45) is 0 Å². The topological polar surface area (TPSA) is 38.3 Å². The number of ether oxygens (including phenoxy) is 1. The standard InChI is InChI=1S/C14H18ClNO2/c15-13-4-2-1-3-12(13)14(17)7-10-18-11-5-8-16-9-6-11/h1-4,11,16H,5-10H2. The molecule has 0 unspecified atom stereocenters. The molecular formula is C14H18ClNO2. The predicted molar refractivity (Wildman–Crippen MR) is 72.2 cm³/mol. The third-order valence-corrected chi connectivity index (χ3v) is 3.47. The maximum absolute atomic E-state index is 11.9. The Bertz CT molecular complexity index is 403. The normalized spacial score (nSPS) is 16.7. The Kier molecular flexibility index (Phi) is 5.17. The van der Waals surface area contributed by atoms with Crippen LogP contribution < -0.4 is 5.32 Å². The maximum Gasteiger partial charge on any atom is 0.166 e. The first-order chi connectivity index (χ1) is 8.77. The van der Waals surface area contributed by atoms with E-state index < -0.39 is 0 Å². The quantitative estimate of drug-likeness (QED) is 0.834. The van der Waals surface area contributed by atoms with E-state index in [9.17, 15) is 4.79 Å². The Morgan fingerprint density at radius 3 is 2.78 bits per heavy atom. The second kappa shape index (κ2) is 6.88. The van der Waals surface area contributed by atoms with Gasteiger partial charge in [-0.1, -0.05) is 23.7 Å². The number of benzene rings is 1. The molecule has 0 amide bonds. The number of halogens is 1. The van der Waals surface area contributed by atoms with Crippen LogP contribution in [0.2, 0.25) is 5.02 Å². The lowest BCUT2D eigenvalue weighted by atomic mass is 10.1. The third-order valence-electron chi connectivity index (χ3n) is 3.14. The minimum atomic E-state index is 0.0505. The van der Waals surface area contributed by atoms with Crippen LogP contribution in [0.4, 0.5) is 0 Å². The lowest BCUT2D eigenvalue weighted by Crippen LogP contribution is -2.32. The smallest absolute Gasteiger partial charge is 0.166 e. The molecule has 0 radical (unpaired) electrons. The van der Waals surface area contributed by atoms with Gasteiger partial charge in [-0.25, -0.2) is 0 Å². The second-order valence-electron chi connectivity index (χ2n) is 4.47. The number of piperidine rings is 1. The molecular weight excluding hydrogens is 250 g/mol. The van der Waals surface area contributed by atoms with Crippen molar-refractivity contribution >= 4 is 17.4 Å². The number of ketones is 1. The molecule has 1 aromatic carbocycles. The summed E-state index contributed by atoms with van der Waals surface area (Å²) in [7, 11) is 0. The van der Waals surface area contributed by atoms with Crippen LogP contribution in [0.3, 0.4) is 0 Å².